The average molecular weight is 706 g/mol. The number of hydrogen-bond acceptors (Lipinski definition) is 9. The lowest BCUT2D eigenvalue weighted by atomic mass is 9.86. The van der Waals surface area contributed by atoms with E-state index < -0.39 is 42.5 Å². The molecule has 3 aliphatic heterocycles. The Morgan fingerprint density at radius 2 is 1.73 bits per heavy atom. The average Bonchev–Trinajstić information content (AvgIpc) is 3.07. The molecule has 6 rings (SSSR count). The van der Waals surface area contributed by atoms with Gasteiger partial charge in [0.2, 0.25) is 0 Å². The number of amides is 2. The number of pyridine rings is 1. The first-order chi connectivity index (χ1) is 23.1. The van der Waals surface area contributed by atoms with Gasteiger partial charge >= 0.3 is 18.0 Å². The van der Waals surface area contributed by atoms with E-state index in [-0.39, 0.29) is 34.1 Å². The van der Waals surface area contributed by atoms with Crippen molar-refractivity contribution in [1.82, 2.24) is 15.5 Å². The van der Waals surface area contributed by atoms with E-state index in [4.69, 9.17) is 42.1 Å². The lowest BCUT2D eigenvalue weighted by Crippen LogP contribution is -2.53. The smallest absolute Gasteiger partial charge is 0.333 e. The second-order valence-electron chi connectivity index (χ2n) is 11.5. The van der Waals surface area contributed by atoms with Crippen molar-refractivity contribution in [2.24, 2.45) is 5.92 Å². The van der Waals surface area contributed by atoms with Gasteiger partial charge in [0, 0.05) is 24.1 Å². The summed E-state index contributed by atoms with van der Waals surface area (Å²) < 4.78 is 37.5. The SMILES string of the molecule is COc1ccc(C(Cc2c(Cl)c[n+]([O-])cc2Cl)OC(=O)CNC(=O)NC(C(=O)O[C@H]2CN3CCC2CC3)c2ccccc2F)cc1OC. The van der Waals surface area contributed by atoms with Crippen LogP contribution >= 0.6 is 23.2 Å². The Bertz CT molecular complexity index is 1630. The third-order valence-corrected chi connectivity index (χ3v) is 9.14. The molecule has 0 aliphatic carbocycles. The van der Waals surface area contributed by atoms with Gasteiger partial charge < -0.3 is 34.8 Å². The largest absolute Gasteiger partial charge is 0.619 e. The van der Waals surface area contributed by atoms with Crippen LogP contribution in [-0.2, 0) is 25.5 Å². The molecule has 4 heterocycles. The molecule has 15 heteroatoms. The first-order valence-corrected chi connectivity index (χ1v) is 16.0. The summed E-state index contributed by atoms with van der Waals surface area (Å²) >= 11 is 12.6. The van der Waals surface area contributed by atoms with E-state index in [2.05, 4.69) is 15.5 Å². The predicted molar refractivity (Wildman–Crippen MR) is 172 cm³/mol. The number of aromatic nitrogens is 1. The van der Waals surface area contributed by atoms with Gasteiger partial charge in [0.05, 0.1) is 14.2 Å². The fraction of sp³-hybridized carbons (Fsp3) is 0.394. The van der Waals surface area contributed by atoms with Crippen LogP contribution in [0.3, 0.4) is 0 Å². The Morgan fingerprint density at radius 3 is 2.35 bits per heavy atom. The second kappa shape index (κ2) is 15.7. The minimum Gasteiger partial charge on any atom is -0.619 e. The number of rotatable bonds is 12. The van der Waals surface area contributed by atoms with E-state index >= 15 is 0 Å². The van der Waals surface area contributed by atoms with Gasteiger partial charge in [0.15, 0.2) is 29.9 Å². The molecule has 2 aromatic carbocycles. The molecule has 256 valence electrons. The number of hydrogen-bond donors (Lipinski definition) is 2. The normalized spacial score (nSPS) is 19.5. The van der Waals surface area contributed by atoms with Gasteiger partial charge in [-0.05, 0) is 55.6 Å². The molecular formula is C33H35Cl2FN4O8. The number of methoxy groups -OCH3 is 2. The zero-order chi connectivity index (χ0) is 34.4. The minimum absolute atomic E-state index is 0.0350. The quantitative estimate of drug-likeness (QED) is 0.160. The molecular weight excluding hydrogens is 670 g/mol. The van der Waals surface area contributed by atoms with Crippen LogP contribution in [0.15, 0.2) is 54.9 Å². The van der Waals surface area contributed by atoms with Crippen molar-refractivity contribution in [2.45, 2.75) is 37.5 Å². The van der Waals surface area contributed by atoms with Crippen molar-refractivity contribution in [2.75, 3.05) is 40.4 Å². The molecule has 2 bridgehead atoms. The van der Waals surface area contributed by atoms with Crippen LogP contribution < -0.4 is 24.8 Å². The summed E-state index contributed by atoms with van der Waals surface area (Å²) in [6, 6.07) is 8.05. The molecule has 3 saturated heterocycles. The molecule has 0 radical (unpaired) electrons. The Kier molecular flexibility index (Phi) is 11.5. The van der Waals surface area contributed by atoms with Gasteiger partial charge in [-0.25, -0.2) is 14.0 Å². The van der Waals surface area contributed by atoms with Gasteiger partial charge in [-0.3, -0.25) is 9.69 Å². The van der Waals surface area contributed by atoms with Crippen LogP contribution in [0.4, 0.5) is 9.18 Å². The van der Waals surface area contributed by atoms with Gasteiger partial charge in [-0.15, -0.1) is 0 Å². The fourth-order valence-corrected chi connectivity index (χ4v) is 6.56. The summed E-state index contributed by atoms with van der Waals surface area (Å²) in [5, 5.41) is 16.7. The molecule has 3 atom stereocenters. The number of nitrogens with zero attached hydrogens (tertiary/aromatic N) is 2. The van der Waals surface area contributed by atoms with Crippen LogP contribution in [0.1, 0.15) is 41.7 Å². The highest BCUT2D eigenvalue weighted by atomic mass is 35.5. The van der Waals surface area contributed by atoms with E-state index in [0.717, 1.165) is 38.3 Å². The lowest BCUT2D eigenvalue weighted by Gasteiger charge is -2.44. The summed E-state index contributed by atoms with van der Waals surface area (Å²) in [6.45, 7) is 1.83. The molecule has 2 unspecified atom stereocenters. The van der Waals surface area contributed by atoms with Gasteiger partial charge in [-0.2, -0.15) is 4.73 Å². The molecule has 3 aromatic rings. The van der Waals surface area contributed by atoms with E-state index in [1.165, 1.54) is 32.4 Å². The van der Waals surface area contributed by atoms with Crippen LogP contribution in [-0.4, -0.2) is 69.4 Å². The third kappa shape index (κ3) is 8.38. The topological polar surface area (TPSA) is 142 Å². The number of piperidine rings is 3. The van der Waals surface area contributed by atoms with E-state index in [1.54, 1.807) is 24.3 Å². The van der Waals surface area contributed by atoms with E-state index in [1.807, 2.05) is 0 Å². The predicted octanol–water partition coefficient (Wildman–Crippen LogP) is 4.29. The summed E-state index contributed by atoms with van der Waals surface area (Å²) in [7, 11) is 2.92. The van der Waals surface area contributed by atoms with Crippen molar-refractivity contribution in [3.63, 3.8) is 0 Å². The van der Waals surface area contributed by atoms with Crippen LogP contribution in [0.25, 0.3) is 0 Å². The third-order valence-electron chi connectivity index (χ3n) is 8.48. The Balaban J connectivity index is 1.28. The maximum Gasteiger partial charge on any atom is 0.333 e. The first kappa shape index (κ1) is 35.0. The number of carbonyl (C=O) groups is 3. The molecule has 0 saturated carbocycles. The highest BCUT2D eigenvalue weighted by molar-refractivity contribution is 6.35. The molecule has 3 fully saturated rings. The minimum atomic E-state index is -1.47. The molecule has 2 N–H and O–H groups in total. The van der Waals surface area contributed by atoms with Crippen LogP contribution in [0, 0.1) is 16.9 Å². The first-order valence-electron chi connectivity index (χ1n) is 15.3. The lowest BCUT2D eigenvalue weighted by molar-refractivity contribution is -0.605. The Morgan fingerprint density at radius 1 is 1.04 bits per heavy atom. The molecule has 3 aliphatic rings. The Hall–Kier alpha value is -4.33. The zero-order valence-electron chi connectivity index (χ0n) is 26.2. The number of halogens is 3. The molecule has 1 aromatic heterocycles. The van der Waals surface area contributed by atoms with Crippen molar-refractivity contribution >= 4 is 41.2 Å². The molecule has 48 heavy (non-hydrogen) atoms. The summed E-state index contributed by atoms with van der Waals surface area (Å²) in [5.41, 5.74) is 0.746. The number of ether oxygens (including phenoxy) is 4. The standard InChI is InChI=1S/C33H35Cl2FN4O8/c1-45-26-8-7-20(13-28(26)46-2)27(14-22-23(34)16-40(44)17-24(22)35)47-30(41)15-37-33(43)38-31(21-5-3-4-6-25(21)36)32(42)48-29-18-39-11-9-19(29)10-12-39/h3-8,13,16-17,19,27,29,31H,9-12,14-15,18H2,1-2H3,(H2,37,38,43)/t27?,29-,31?/m0/s1. The van der Waals surface area contributed by atoms with Gasteiger partial charge in [0.25, 0.3) is 0 Å². The summed E-state index contributed by atoms with van der Waals surface area (Å²) in [4.78, 5) is 41.7. The molecule has 12 nitrogen and oxygen atoms in total. The van der Waals surface area contributed by atoms with Crippen molar-refractivity contribution in [3.05, 3.63) is 92.6 Å². The number of urea groups is 1. The number of nitrogens with one attached hydrogen (secondary N) is 2. The summed E-state index contributed by atoms with van der Waals surface area (Å²) in [6.07, 6.45) is 2.63. The van der Waals surface area contributed by atoms with E-state index in [9.17, 15) is 24.0 Å². The maximum absolute atomic E-state index is 14.8. The molecule has 2 amide bonds. The fourth-order valence-electron chi connectivity index (χ4n) is 5.96. The van der Waals surface area contributed by atoms with E-state index in [0.29, 0.717) is 33.9 Å². The zero-order valence-corrected chi connectivity index (χ0v) is 27.8. The summed E-state index contributed by atoms with van der Waals surface area (Å²) in [5.74, 6) is -1.37. The monoisotopic (exact) mass is 704 g/mol. The van der Waals surface area contributed by atoms with Gasteiger partial charge in [0.1, 0.15) is 34.6 Å². The Labute approximate surface area is 286 Å². The number of carbonyl (C=O) groups excluding carboxylic acids is 3. The van der Waals surface area contributed by atoms with Crippen molar-refractivity contribution in [3.8, 4) is 11.5 Å². The van der Waals surface area contributed by atoms with Crippen LogP contribution in [0.5, 0.6) is 11.5 Å². The van der Waals surface area contributed by atoms with Crippen molar-refractivity contribution in [1.29, 1.82) is 0 Å². The number of benzene rings is 2. The molecule has 0 spiro atoms. The highest BCUT2D eigenvalue weighted by Gasteiger charge is 2.38. The highest BCUT2D eigenvalue weighted by Crippen LogP contribution is 2.35. The van der Waals surface area contributed by atoms with Gasteiger partial charge in [-0.1, -0.05) is 47.5 Å². The maximum atomic E-state index is 14.8. The number of esters is 2. The second-order valence-corrected chi connectivity index (χ2v) is 12.3. The number of fused-ring (bicyclic) bond motifs is 3. The van der Waals surface area contributed by atoms with Crippen LogP contribution in [0.2, 0.25) is 10.0 Å². The van der Waals surface area contributed by atoms with Crippen molar-refractivity contribution < 1.29 is 42.5 Å².